The van der Waals surface area contributed by atoms with Gasteiger partial charge in [0.25, 0.3) is 0 Å². The van der Waals surface area contributed by atoms with Crippen LogP contribution >= 0.6 is 7.14 Å². The molecule has 2 rings (SSSR count). The van der Waals surface area contributed by atoms with Crippen LogP contribution in [-0.4, -0.2) is 5.45 Å². The van der Waals surface area contributed by atoms with Crippen molar-refractivity contribution in [1.82, 2.24) is 0 Å². The van der Waals surface area contributed by atoms with Crippen molar-refractivity contribution in [2.24, 2.45) is 5.73 Å². The molecule has 0 fully saturated rings. The lowest BCUT2D eigenvalue weighted by Gasteiger charge is -2.18. The van der Waals surface area contributed by atoms with Gasteiger partial charge in [-0.05, 0) is 12.3 Å². The normalized spacial score (nSPS) is 11.6. The van der Waals surface area contributed by atoms with Crippen LogP contribution in [0.15, 0.2) is 72.9 Å². The number of rotatable bonds is 4. The molecule has 0 saturated heterocycles. The van der Waals surface area contributed by atoms with Gasteiger partial charge < -0.3 is 10.3 Å². The molecule has 0 radical (unpaired) electrons. The van der Waals surface area contributed by atoms with E-state index < -0.39 is 7.14 Å². The first-order valence-electron chi connectivity index (χ1n) is 5.88. The third kappa shape index (κ3) is 2.51. The number of hydrogen-bond donors (Lipinski definition) is 2. The number of allylic oxidation sites excluding steroid dienone is 1. The summed E-state index contributed by atoms with van der Waals surface area (Å²) >= 11 is 0. The molecule has 0 spiro atoms. The van der Waals surface area contributed by atoms with Crippen LogP contribution in [0.5, 0.6) is 0 Å². The zero-order chi connectivity index (χ0) is 13.7. The molecule has 0 saturated carbocycles. The monoisotopic (exact) mass is 270 g/mol. The Kier molecular flexibility index (Phi) is 3.98. The Hall–Kier alpha value is -2.12. The van der Waals surface area contributed by atoms with E-state index in [-0.39, 0.29) is 5.45 Å². The SMILES string of the molecule is N=C(/C=C\N)P(=O)(c1ccccc1)c1ccccc1. The fourth-order valence-electron chi connectivity index (χ4n) is 1.90. The van der Waals surface area contributed by atoms with E-state index >= 15 is 0 Å². The van der Waals surface area contributed by atoms with E-state index in [2.05, 4.69) is 0 Å². The van der Waals surface area contributed by atoms with Crippen molar-refractivity contribution >= 4 is 23.2 Å². The summed E-state index contributed by atoms with van der Waals surface area (Å²) in [6.07, 6.45) is 2.64. The van der Waals surface area contributed by atoms with E-state index in [9.17, 15) is 4.57 Å². The molecule has 19 heavy (non-hydrogen) atoms. The summed E-state index contributed by atoms with van der Waals surface area (Å²) in [5.41, 5.74) is 5.37. The molecule has 3 nitrogen and oxygen atoms in total. The molecule has 3 N–H and O–H groups in total. The molecule has 0 aliphatic rings. The molecule has 0 bridgehead atoms. The summed E-state index contributed by atoms with van der Waals surface area (Å²) in [7, 11) is -3.12. The van der Waals surface area contributed by atoms with Crippen LogP contribution in [-0.2, 0) is 4.57 Å². The van der Waals surface area contributed by atoms with E-state index in [4.69, 9.17) is 11.1 Å². The molecule has 0 amide bonds. The molecule has 0 aliphatic carbocycles. The van der Waals surface area contributed by atoms with Gasteiger partial charge >= 0.3 is 0 Å². The lowest BCUT2D eigenvalue weighted by atomic mass is 10.4. The second kappa shape index (κ2) is 5.68. The highest BCUT2D eigenvalue weighted by atomic mass is 31.2. The van der Waals surface area contributed by atoms with Crippen LogP contribution in [0.2, 0.25) is 0 Å². The summed E-state index contributed by atoms with van der Waals surface area (Å²) in [5, 5.41) is 9.37. The predicted molar refractivity (Wildman–Crippen MR) is 80.8 cm³/mol. The van der Waals surface area contributed by atoms with Gasteiger partial charge in [0, 0.05) is 10.6 Å². The minimum absolute atomic E-state index is 0.0346. The van der Waals surface area contributed by atoms with Crippen LogP contribution in [0.4, 0.5) is 0 Å². The molecule has 2 aromatic carbocycles. The maximum atomic E-state index is 13.4. The zero-order valence-electron chi connectivity index (χ0n) is 10.4. The molecule has 0 atom stereocenters. The Morgan fingerprint density at radius 2 is 1.37 bits per heavy atom. The summed E-state index contributed by atoms with van der Waals surface area (Å²) in [6.45, 7) is 0. The molecule has 96 valence electrons. The topological polar surface area (TPSA) is 66.9 Å². The first-order chi connectivity index (χ1) is 9.19. The Bertz CT molecular complexity index is 592. The van der Waals surface area contributed by atoms with Crippen molar-refractivity contribution in [3.63, 3.8) is 0 Å². The molecule has 4 heteroatoms. The number of hydrogen-bond acceptors (Lipinski definition) is 3. The Labute approximate surface area is 112 Å². The third-order valence-electron chi connectivity index (χ3n) is 2.83. The highest BCUT2D eigenvalue weighted by Gasteiger charge is 2.30. The molecule has 0 unspecified atom stereocenters. The molecule has 2 aromatic rings. The van der Waals surface area contributed by atoms with Gasteiger partial charge in [-0.1, -0.05) is 60.7 Å². The van der Waals surface area contributed by atoms with Gasteiger partial charge in [-0.3, -0.25) is 5.41 Å². The average molecular weight is 270 g/mol. The zero-order valence-corrected chi connectivity index (χ0v) is 11.3. The lowest BCUT2D eigenvalue weighted by Crippen LogP contribution is -2.21. The Morgan fingerprint density at radius 1 is 0.947 bits per heavy atom. The standard InChI is InChI=1S/C15H15N2OP/c16-12-11-15(17)19(18,13-7-3-1-4-8-13)14-9-5-2-6-10-14/h1-12,17H,16H2/b12-11-,17-15?. The van der Waals surface area contributed by atoms with Crippen molar-refractivity contribution in [3.8, 4) is 0 Å². The largest absolute Gasteiger partial charge is 0.405 e. The fraction of sp³-hybridized carbons (Fsp3) is 0. The van der Waals surface area contributed by atoms with Crippen LogP contribution in [0.3, 0.4) is 0 Å². The van der Waals surface area contributed by atoms with Gasteiger partial charge in [-0.2, -0.15) is 0 Å². The molecular weight excluding hydrogens is 255 g/mol. The summed E-state index contributed by atoms with van der Waals surface area (Å²) < 4.78 is 13.4. The van der Waals surface area contributed by atoms with Crippen LogP contribution < -0.4 is 16.3 Å². The van der Waals surface area contributed by atoms with Gasteiger partial charge in [-0.15, -0.1) is 0 Å². The quantitative estimate of drug-likeness (QED) is 0.662. The van der Waals surface area contributed by atoms with E-state index in [1.54, 1.807) is 24.3 Å². The van der Waals surface area contributed by atoms with Gasteiger partial charge in [0.2, 0.25) is 0 Å². The molecule has 0 heterocycles. The maximum absolute atomic E-state index is 13.4. The highest BCUT2D eigenvalue weighted by molar-refractivity contribution is 7.93. The van der Waals surface area contributed by atoms with E-state index in [0.29, 0.717) is 10.6 Å². The summed E-state index contributed by atoms with van der Waals surface area (Å²) in [6, 6.07) is 18.2. The first-order valence-corrected chi connectivity index (χ1v) is 7.59. The predicted octanol–water partition coefficient (Wildman–Crippen LogP) is 2.45. The fourth-order valence-corrected chi connectivity index (χ4v) is 4.23. The summed E-state index contributed by atoms with van der Waals surface area (Å²) in [5.74, 6) is 0. The second-order valence-electron chi connectivity index (χ2n) is 4.02. The van der Waals surface area contributed by atoms with Crippen molar-refractivity contribution in [1.29, 1.82) is 5.41 Å². The van der Waals surface area contributed by atoms with Crippen LogP contribution in [0, 0.1) is 5.41 Å². The van der Waals surface area contributed by atoms with Gasteiger partial charge in [0.1, 0.15) is 5.45 Å². The molecular formula is C15H15N2OP. The summed E-state index contributed by atoms with van der Waals surface area (Å²) in [4.78, 5) is 0. The van der Waals surface area contributed by atoms with Crippen molar-refractivity contribution < 1.29 is 4.57 Å². The maximum Gasteiger partial charge on any atom is 0.187 e. The van der Waals surface area contributed by atoms with E-state index in [1.807, 2.05) is 36.4 Å². The van der Waals surface area contributed by atoms with E-state index in [0.717, 1.165) is 0 Å². The van der Waals surface area contributed by atoms with Gasteiger partial charge in [0.05, 0.1) is 0 Å². The first kappa shape index (κ1) is 13.3. The van der Waals surface area contributed by atoms with E-state index in [1.165, 1.54) is 12.3 Å². The smallest absolute Gasteiger partial charge is 0.187 e. The number of benzene rings is 2. The Balaban J connectivity index is 2.65. The lowest BCUT2D eigenvalue weighted by molar-refractivity contribution is 0.593. The Morgan fingerprint density at radius 3 is 1.74 bits per heavy atom. The van der Waals surface area contributed by atoms with Gasteiger partial charge in [0.15, 0.2) is 7.14 Å². The van der Waals surface area contributed by atoms with Crippen LogP contribution in [0.1, 0.15) is 0 Å². The van der Waals surface area contributed by atoms with Crippen molar-refractivity contribution in [2.45, 2.75) is 0 Å². The van der Waals surface area contributed by atoms with Crippen molar-refractivity contribution in [3.05, 3.63) is 72.9 Å². The average Bonchev–Trinajstić information content (AvgIpc) is 2.48. The second-order valence-corrected chi connectivity index (χ2v) is 6.76. The van der Waals surface area contributed by atoms with Gasteiger partial charge in [-0.25, -0.2) is 0 Å². The van der Waals surface area contributed by atoms with Crippen molar-refractivity contribution in [2.75, 3.05) is 0 Å². The number of nitrogens with two attached hydrogens (primary N) is 1. The highest BCUT2D eigenvalue weighted by Crippen LogP contribution is 2.44. The molecule has 0 aliphatic heterocycles. The van der Waals surface area contributed by atoms with Crippen LogP contribution in [0.25, 0.3) is 0 Å². The minimum atomic E-state index is -3.12. The minimum Gasteiger partial charge on any atom is -0.405 e. The molecule has 0 aromatic heterocycles. The number of nitrogens with one attached hydrogen (secondary N) is 1. The third-order valence-corrected chi connectivity index (χ3v) is 5.71.